The summed E-state index contributed by atoms with van der Waals surface area (Å²) in [5.74, 6) is -0.716. The molecular weight excluding hydrogens is 258 g/mol. The number of hydrogen-bond acceptors (Lipinski definition) is 5. The fraction of sp³-hybridized carbons (Fsp3) is 0.333. The van der Waals surface area contributed by atoms with Gasteiger partial charge >= 0.3 is 0 Å². The molecule has 1 saturated heterocycles. The largest absolute Gasteiger partial charge is 0.337 e. The number of nitrogens with one attached hydrogen (secondary N) is 2. The molecule has 0 spiro atoms. The summed E-state index contributed by atoms with van der Waals surface area (Å²) < 4.78 is 0. The van der Waals surface area contributed by atoms with Crippen molar-refractivity contribution in [2.45, 2.75) is 12.6 Å². The standard InChI is InChI=1S/C9H9N5O3S/c10-14-11-3-5-1-2-7(18-5)9(16)12-6-4-17-13-8(6)15/h1-2,6H,3-4H2,(H,12,16)(H,13,15)/t6-/m0/s1. The normalized spacial score (nSPS) is 18.0. The predicted molar refractivity (Wildman–Crippen MR) is 62.5 cm³/mol. The third-order valence-electron chi connectivity index (χ3n) is 2.22. The quantitative estimate of drug-likeness (QED) is 0.475. The van der Waals surface area contributed by atoms with Gasteiger partial charge in [-0.2, -0.15) is 0 Å². The molecule has 1 aliphatic rings. The summed E-state index contributed by atoms with van der Waals surface area (Å²) in [5, 5.41) is 5.95. The number of azide groups is 1. The lowest BCUT2D eigenvalue weighted by molar-refractivity contribution is -0.125. The minimum Gasteiger partial charge on any atom is -0.337 e. The van der Waals surface area contributed by atoms with Gasteiger partial charge in [0.25, 0.3) is 11.8 Å². The van der Waals surface area contributed by atoms with E-state index in [0.29, 0.717) is 4.88 Å². The molecule has 1 aliphatic heterocycles. The molecule has 0 bridgehead atoms. The zero-order valence-electron chi connectivity index (χ0n) is 9.12. The lowest BCUT2D eigenvalue weighted by Crippen LogP contribution is -2.41. The van der Waals surface area contributed by atoms with Crippen molar-refractivity contribution in [2.24, 2.45) is 5.11 Å². The molecule has 0 aliphatic carbocycles. The van der Waals surface area contributed by atoms with Gasteiger partial charge in [-0.1, -0.05) is 5.11 Å². The van der Waals surface area contributed by atoms with Gasteiger partial charge in [-0.15, -0.1) is 11.3 Å². The molecule has 1 aromatic rings. The molecule has 2 heterocycles. The van der Waals surface area contributed by atoms with Gasteiger partial charge < -0.3 is 5.32 Å². The van der Waals surface area contributed by atoms with Gasteiger partial charge in [0, 0.05) is 9.79 Å². The molecule has 0 radical (unpaired) electrons. The number of carbonyl (C=O) groups is 2. The van der Waals surface area contributed by atoms with E-state index in [2.05, 4.69) is 20.8 Å². The summed E-state index contributed by atoms with van der Waals surface area (Å²) in [7, 11) is 0. The number of amides is 2. The number of hydroxylamine groups is 1. The van der Waals surface area contributed by atoms with Crippen molar-refractivity contribution in [3.05, 3.63) is 32.3 Å². The first-order chi connectivity index (χ1) is 8.70. The molecule has 1 fully saturated rings. The van der Waals surface area contributed by atoms with Crippen molar-refractivity contribution >= 4 is 23.2 Å². The van der Waals surface area contributed by atoms with Crippen LogP contribution in [0.25, 0.3) is 10.4 Å². The maximum absolute atomic E-state index is 11.8. The maximum Gasteiger partial charge on any atom is 0.268 e. The SMILES string of the molecule is [N-]=[N+]=NCc1ccc(C(=O)N[C@H]2CONC2=O)s1. The summed E-state index contributed by atoms with van der Waals surface area (Å²) in [5.41, 5.74) is 10.3. The smallest absolute Gasteiger partial charge is 0.268 e. The molecule has 1 atom stereocenters. The monoisotopic (exact) mass is 267 g/mol. The first-order valence-electron chi connectivity index (χ1n) is 5.03. The Morgan fingerprint density at radius 1 is 1.72 bits per heavy atom. The van der Waals surface area contributed by atoms with E-state index < -0.39 is 6.04 Å². The third-order valence-corrected chi connectivity index (χ3v) is 3.29. The fourth-order valence-electron chi connectivity index (χ4n) is 1.37. The van der Waals surface area contributed by atoms with E-state index in [9.17, 15) is 9.59 Å². The average Bonchev–Trinajstić information content (AvgIpc) is 2.97. The van der Waals surface area contributed by atoms with Crippen LogP contribution in [-0.4, -0.2) is 24.5 Å². The van der Waals surface area contributed by atoms with E-state index in [4.69, 9.17) is 10.4 Å². The Kier molecular flexibility index (Phi) is 3.78. The highest BCUT2D eigenvalue weighted by atomic mass is 32.1. The van der Waals surface area contributed by atoms with Crippen molar-refractivity contribution in [2.75, 3.05) is 6.61 Å². The second-order valence-corrected chi connectivity index (χ2v) is 4.63. The van der Waals surface area contributed by atoms with Crippen molar-refractivity contribution < 1.29 is 14.4 Å². The van der Waals surface area contributed by atoms with E-state index in [-0.39, 0.29) is 25.0 Å². The molecule has 0 unspecified atom stereocenters. The molecule has 1 aromatic heterocycles. The van der Waals surface area contributed by atoms with Gasteiger partial charge in [0.05, 0.1) is 11.4 Å². The molecule has 2 N–H and O–H groups in total. The maximum atomic E-state index is 11.8. The van der Waals surface area contributed by atoms with Crippen LogP contribution in [0.3, 0.4) is 0 Å². The van der Waals surface area contributed by atoms with Gasteiger partial charge in [0.15, 0.2) is 0 Å². The second-order valence-electron chi connectivity index (χ2n) is 3.46. The van der Waals surface area contributed by atoms with E-state index in [1.165, 1.54) is 11.3 Å². The van der Waals surface area contributed by atoms with Crippen molar-refractivity contribution in [1.82, 2.24) is 10.8 Å². The van der Waals surface area contributed by atoms with Crippen molar-refractivity contribution in [1.29, 1.82) is 0 Å². The van der Waals surface area contributed by atoms with E-state index >= 15 is 0 Å². The molecule has 2 amide bonds. The number of rotatable bonds is 4. The van der Waals surface area contributed by atoms with Crippen LogP contribution in [0.1, 0.15) is 14.5 Å². The number of thiophene rings is 1. The number of hydrogen-bond donors (Lipinski definition) is 2. The summed E-state index contributed by atoms with van der Waals surface area (Å²) in [6.07, 6.45) is 0. The van der Waals surface area contributed by atoms with Crippen LogP contribution in [0, 0.1) is 0 Å². The van der Waals surface area contributed by atoms with Crippen LogP contribution in [0.5, 0.6) is 0 Å². The summed E-state index contributed by atoms with van der Waals surface area (Å²) in [6, 6.07) is 2.66. The Hall–Kier alpha value is -2.09. The van der Waals surface area contributed by atoms with Crippen LogP contribution >= 0.6 is 11.3 Å². The molecule has 94 valence electrons. The highest BCUT2D eigenvalue weighted by molar-refractivity contribution is 7.14. The lowest BCUT2D eigenvalue weighted by Gasteiger charge is -2.06. The average molecular weight is 267 g/mol. The Morgan fingerprint density at radius 2 is 2.56 bits per heavy atom. The van der Waals surface area contributed by atoms with E-state index in [1.807, 2.05) is 0 Å². The zero-order valence-corrected chi connectivity index (χ0v) is 9.94. The van der Waals surface area contributed by atoms with Gasteiger partial charge in [-0.3, -0.25) is 14.4 Å². The van der Waals surface area contributed by atoms with Gasteiger partial charge in [-0.05, 0) is 17.7 Å². The Balaban J connectivity index is 1.98. The molecule has 18 heavy (non-hydrogen) atoms. The van der Waals surface area contributed by atoms with E-state index in [0.717, 1.165) is 4.88 Å². The third kappa shape index (κ3) is 2.77. The summed E-state index contributed by atoms with van der Waals surface area (Å²) in [6.45, 7) is 0.322. The number of carbonyl (C=O) groups excluding carboxylic acids is 2. The molecular formula is C9H9N5O3S. The molecule has 8 nitrogen and oxygen atoms in total. The highest BCUT2D eigenvalue weighted by Crippen LogP contribution is 2.17. The lowest BCUT2D eigenvalue weighted by atomic mass is 10.3. The Labute approximate surface area is 106 Å². The predicted octanol–water partition coefficient (Wildman–Crippen LogP) is 0.718. The molecule has 0 saturated carbocycles. The van der Waals surface area contributed by atoms with Crippen LogP contribution in [0.2, 0.25) is 0 Å². The Morgan fingerprint density at radius 3 is 3.22 bits per heavy atom. The van der Waals surface area contributed by atoms with Crippen LogP contribution in [-0.2, 0) is 16.2 Å². The second kappa shape index (κ2) is 5.50. The van der Waals surface area contributed by atoms with Crippen molar-refractivity contribution in [3.8, 4) is 0 Å². The molecule has 9 heteroatoms. The van der Waals surface area contributed by atoms with Gasteiger partial charge in [-0.25, -0.2) is 5.48 Å². The first kappa shape index (κ1) is 12.4. The minimum absolute atomic E-state index is 0.113. The van der Waals surface area contributed by atoms with E-state index in [1.54, 1.807) is 12.1 Å². The minimum atomic E-state index is -0.667. The summed E-state index contributed by atoms with van der Waals surface area (Å²) in [4.78, 5) is 31.6. The first-order valence-corrected chi connectivity index (χ1v) is 5.84. The van der Waals surface area contributed by atoms with Crippen LogP contribution in [0.15, 0.2) is 17.2 Å². The van der Waals surface area contributed by atoms with Crippen molar-refractivity contribution in [3.63, 3.8) is 0 Å². The van der Waals surface area contributed by atoms with Gasteiger partial charge in [0.1, 0.15) is 12.6 Å². The van der Waals surface area contributed by atoms with Gasteiger partial charge in [0.2, 0.25) is 0 Å². The fourth-order valence-corrected chi connectivity index (χ4v) is 2.19. The highest BCUT2D eigenvalue weighted by Gasteiger charge is 2.27. The molecule has 2 rings (SSSR count). The number of nitrogens with zero attached hydrogens (tertiary/aromatic N) is 3. The zero-order chi connectivity index (χ0) is 13.0. The molecule has 0 aromatic carbocycles. The summed E-state index contributed by atoms with van der Waals surface area (Å²) >= 11 is 1.22. The Bertz CT molecular complexity index is 522. The van der Waals surface area contributed by atoms with Crippen LogP contribution < -0.4 is 10.8 Å². The topological polar surface area (TPSA) is 116 Å². The van der Waals surface area contributed by atoms with Crippen LogP contribution in [0.4, 0.5) is 0 Å².